The van der Waals surface area contributed by atoms with Gasteiger partial charge in [-0.25, -0.2) is 4.99 Å². The Morgan fingerprint density at radius 3 is 2.94 bits per heavy atom. The predicted octanol–water partition coefficient (Wildman–Crippen LogP) is 1.72. The molecule has 0 bridgehead atoms. The molecule has 0 atom stereocenters. The number of nitrogens with two attached hydrogens (primary N) is 1. The molecule has 17 heavy (non-hydrogen) atoms. The summed E-state index contributed by atoms with van der Waals surface area (Å²) in [5.74, 6) is 1.25. The van der Waals surface area contributed by atoms with Crippen LogP contribution in [0, 0.1) is 6.92 Å². The molecule has 1 saturated carbocycles. The third-order valence-corrected chi connectivity index (χ3v) is 3.04. The monoisotopic (exact) mass is 236 g/mol. The van der Waals surface area contributed by atoms with Gasteiger partial charge in [0.2, 0.25) is 0 Å². The lowest BCUT2D eigenvalue weighted by Crippen LogP contribution is -2.41. The van der Waals surface area contributed by atoms with Gasteiger partial charge >= 0.3 is 0 Å². The van der Waals surface area contributed by atoms with Crippen molar-refractivity contribution >= 4 is 5.96 Å². The second kappa shape index (κ2) is 5.70. The van der Waals surface area contributed by atoms with Crippen molar-refractivity contribution < 1.29 is 4.52 Å². The molecule has 0 spiro atoms. The van der Waals surface area contributed by atoms with Crippen LogP contribution in [0.2, 0.25) is 0 Å². The summed E-state index contributed by atoms with van der Waals surface area (Å²) in [4.78, 5) is 4.25. The Morgan fingerprint density at radius 1 is 1.53 bits per heavy atom. The quantitative estimate of drug-likeness (QED) is 0.619. The van der Waals surface area contributed by atoms with Crippen LogP contribution in [0.25, 0.3) is 0 Å². The van der Waals surface area contributed by atoms with Gasteiger partial charge in [-0.2, -0.15) is 0 Å². The highest BCUT2D eigenvalue weighted by atomic mass is 16.5. The van der Waals surface area contributed by atoms with Gasteiger partial charge in [-0.3, -0.25) is 0 Å². The van der Waals surface area contributed by atoms with E-state index < -0.39 is 0 Å². The maximum atomic E-state index is 5.84. The van der Waals surface area contributed by atoms with E-state index in [1.54, 1.807) is 0 Å². The number of aryl methyl sites for hydroxylation is 1. The zero-order chi connectivity index (χ0) is 12.1. The topological polar surface area (TPSA) is 76.4 Å². The smallest absolute Gasteiger partial charge is 0.189 e. The molecule has 0 amide bonds. The van der Waals surface area contributed by atoms with E-state index in [0.717, 1.165) is 11.5 Å². The molecule has 94 valence electrons. The number of aliphatic imine (C=N–C) groups is 1. The van der Waals surface area contributed by atoms with Gasteiger partial charge in [0.1, 0.15) is 6.54 Å². The Kier molecular flexibility index (Phi) is 4.01. The summed E-state index contributed by atoms with van der Waals surface area (Å²) in [6, 6.07) is 2.36. The number of rotatable bonds is 3. The number of hydrogen-bond donors (Lipinski definition) is 2. The fourth-order valence-electron chi connectivity index (χ4n) is 2.16. The first-order valence-electron chi connectivity index (χ1n) is 6.22. The summed E-state index contributed by atoms with van der Waals surface area (Å²) in [5, 5.41) is 7.07. The molecule has 1 aliphatic rings. The van der Waals surface area contributed by atoms with E-state index in [1.807, 2.05) is 13.0 Å². The Morgan fingerprint density at radius 2 is 2.29 bits per heavy atom. The molecule has 1 heterocycles. The molecular formula is C12H20N4O. The number of aromatic nitrogens is 1. The fraction of sp³-hybridized carbons (Fsp3) is 0.667. The molecule has 1 aromatic heterocycles. The van der Waals surface area contributed by atoms with Gasteiger partial charge in [0.25, 0.3) is 0 Å². The van der Waals surface area contributed by atoms with E-state index in [9.17, 15) is 0 Å². The highest BCUT2D eigenvalue weighted by Crippen LogP contribution is 2.17. The van der Waals surface area contributed by atoms with Gasteiger partial charge < -0.3 is 15.6 Å². The van der Waals surface area contributed by atoms with Gasteiger partial charge in [-0.1, -0.05) is 24.4 Å². The molecule has 0 aromatic carbocycles. The van der Waals surface area contributed by atoms with E-state index >= 15 is 0 Å². The molecular weight excluding hydrogens is 216 g/mol. The molecule has 0 saturated heterocycles. The first-order valence-corrected chi connectivity index (χ1v) is 6.22. The second-order valence-corrected chi connectivity index (χ2v) is 4.62. The Balaban J connectivity index is 1.80. The average Bonchev–Trinajstić information content (AvgIpc) is 2.74. The lowest BCUT2D eigenvalue weighted by Gasteiger charge is -2.23. The predicted molar refractivity (Wildman–Crippen MR) is 66.6 cm³/mol. The normalized spacial score (nSPS) is 18.3. The van der Waals surface area contributed by atoms with Crippen LogP contribution < -0.4 is 11.1 Å². The van der Waals surface area contributed by atoms with Crippen molar-refractivity contribution in [3.63, 3.8) is 0 Å². The summed E-state index contributed by atoms with van der Waals surface area (Å²) in [5.41, 5.74) is 6.71. The summed E-state index contributed by atoms with van der Waals surface area (Å²) in [6.45, 7) is 2.34. The molecule has 0 aliphatic heterocycles. The Bertz CT molecular complexity index is 380. The van der Waals surface area contributed by atoms with Crippen LogP contribution in [0.5, 0.6) is 0 Å². The largest absolute Gasteiger partial charge is 0.370 e. The van der Waals surface area contributed by atoms with Crippen LogP contribution in [0.4, 0.5) is 0 Å². The van der Waals surface area contributed by atoms with Crippen LogP contribution in [-0.4, -0.2) is 17.2 Å². The van der Waals surface area contributed by atoms with Crippen LogP contribution >= 0.6 is 0 Å². The van der Waals surface area contributed by atoms with Crippen molar-refractivity contribution in [2.45, 2.75) is 51.6 Å². The maximum absolute atomic E-state index is 5.84. The van der Waals surface area contributed by atoms with Crippen molar-refractivity contribution in [1.29, 1.82) is 0 Å². The second-order valence-electron chi connectivity index (χ2n) is 4.62. The lowest BCUT2D eigenvalue weighted by molar-refractivity contribution is 0.380. The van der Waals surface area contributed by atoms with Crippen molar-refractivity contribution in [3.8, 4) is 0 Å². The minimum absolute atomic E-state index is 0.451. The van der Waals surface area contributed by atoms with Crippen LogP contribution in [0.15, 0.2) is 15.6 Å². The number of hydrogen-bond acceptors (Lipinski definition) is 3. The van der Waals surface area contributed by atoms with Gasteiger partial charge in [0, 0.05) is 12.1 Å². The van der Waals surface area contributed by atoms with E-state index in [0.29, 0.717) is 18.5 Å². The minimum Gasteiger partial charge on any atom is -0.370 e. The van der Waals surface area contributed by atoms with Gasteiger partial charge in [-0.05, 0) is 19.8 Å². The third kappa shape index (κ3) is 3.76. The number of nitrogens with one attached hydrogen (secondary N) is 1. The van der Waals surface area contributed by atoms with Crippen molar-refractivity contribution in [2.24, 2.45) is 10.7 Å². The van der Waals surface area contributed by atoms with E-state index in [2.05, 4.69) is 15.5 Å². The van der Waals surface area contributed by atoms with E-state index in [4.69, 9.17) is 10.3 Å². The molecule has 3 N–H and O–H groups in total. The van der Waals surface area contributed by atoms with E-state index in [-0.39, 0.29) is 0 Å². The summed E-state index contributed by atoms with van der Waals surface area (Å²) in [7, 11) is 0. The highest BCUT2D eigenvalue weighted by molar-refractivity contribution is 5.78. The standard InChI is InChI=1S/C12H20N4O/c1-9-7-11(17-16-9)8-14-12(13)15-10-5-3-2-4-6-10/h7,10H,2-6,8H2,1H3,(H3,13,14,15). The van der Waals surface area contributed by atoms with Gasteiger partial charge in [-0.15, -0.1) is 0 Å². The van der Waals surface area contributed by atoms with Crippen LogP contribution in [-0.2, 0) is 6.54 Å². The molecule has 5 heteroatoms. The lowest BCUT2D eigenvalue weighted by atomic mass is 9.96. The summed E-state index contributed by atoms with van der Waals surface area (Å²) < 4.78 is 5.06. The molecule has 1 fully saturated rings. The zero-order valence-corrected chi connectivity index (χ0v) is 10.3. The maximum Gasteiger partial charge on any atom is 0.189 e. The molecule has 1 aromatic rings. The highest BCUT2D eigenvalue weighted by Gasteiger charge is 2.13. The summed E-state index contributed by atoms with van der Waals surface area (Å²) >= 11 is 0. The van der Waals surface area contributed by atoms with Gasteiger partial charge in [0.05, 0.1) is 5.69 Å². The van der Waals surface area contributed by atoms with Crippen LogP contribution in [0.1, 0.15) is 43.6 Å². The molecule has 0 unspecified atom stereocenters. The summed E-state index contributed by atoms with van der Waals surface area (Å²) in [6.07, 6.45) is 6.29. The van der Waals surface area contributed by atoms with Crippen molar-refractivity contribution in [2.75, 3.05) is 0 Å². The molecule has 5 nitrogen and oxygen atoms in total. The molecule has 2 rings (SSSR count). The first-order chi connectivity index (χ1) is 8.24. The van der Waals surface area contributed by atoms with Crippen molar-refractivity contribution in [1.82, 2.24) is 10.5 Å². The number of guanidine groups is 1. The van der Waals surface area contributed by atoms with Gasteiger partial charge in [0.15, 0.2) is 11.7 Å². The minimum atomic E-state index is 0.451. The SMILES string of the molecule is Cc1cc(CN=C(N)NC2CCCCC2)on1. The average molecular weight is 236 g/mol. The van der Waals surface area contributed by atoms with E-state index in [1.165, 1.54) is 32.1 Å². The Hall–Kier alpha value is -1.52. The van der Waals surface area contributed by atoms with Crippen LogP contribution in [0.3, 0.4) is 0 Å². The zero-order valence-electron chi connectivity index (χ0n) is 10.3. The Labute approximate surface area is 101 Å². The third-order valence-electron chi connectivity index (χ3n) is 3.04. The van der Waals surface area contributed by atoms with Crippen molar-refractivity contribution in [3.05, 3.63) is 17.5 Å². The molecule has 1 aliphatic carbocycles. The first kappa shape index (κ1) is 12.0. The number of nitrogens with zero attached hydrogens (tertiary/aromatic N) is 2. The molecule has 0 radical (unpaired) electrons. The fourth-order valence-corrected chi connectivity index (χ4v) is 2.16.